The number of aromatic nitrogens is 1. The molecule has 2 N–H and O–H groups in total. The third-order valence-electron chi connectivity index (χ3n) is 3.10. The van der Waals surface area contributed by atoms with E-state index in [0.29, 0.717) is 10.9 Å². The number of para-hydroxylation sites is 1. The van der Waals surface area contributed by atoms with Crippen LogP contribution in [0.25, 0.3) is 10.9 Å². The van der Waals surface area contributed by atoms with Crippen molar-refractivity contribution in [2.45, 2.75) is 6.61 Å². The highest BCUT2D eigenvalue weighted by Gasteiger charge is 2.18. The molecule has 0 amide bonds. The van der Waals surface area contributed by atoms with Gasteiger partial charge in [-0.3, -0.25) is 0 Å². The van der Waals surface area contributed by atoms with Crippen molar-refractivity contribution in [2.24, 2.45) is 0 Å². The second kappa shape index (κ2) is 5.09. The van der Waals surface area contributed by atoms with E-state index in [1.165, 1.54) is 0 Å². The Bertz CT molecular complexity index is 747. The van der Waals surface area contributed by atoms with Crippen LogP contribution in [0.2, 0.25) is 0 Å². The van der Waals surface area contributed by atoms with Crippen molar-refractivity contribution >= 4 is 16.9 Å². The minimum atomic E-state index is -0.567. The first kappa shape index (κ1) is 12.3. The quantitative estimate of drug-likeness (QED) is 0.716. The first-order chi connectivity index (χ1) is 9.75. The average Bonchev–Trinajstić information content (AvgIpc) is 2.84. The van der Waals surface area contributed by atoms with Gasteiger partial charge in [0, 0.05) is 10.9 Å². The van der Waals surface area contributed by atoms with E-state index in [1.54, 1.807) is 18.2 Å². The summed E-state index contributed by atoms with van der Waals surface area (Å²) in [6.07, 6.45) is 0. The molecule has 0 spiro atoms. The lowest BCUT2D eigenvalue weighted by Gasteiger charge is -2.03. The van der Waals surface area contributed by atoms with E-state index in [1.807, 2.05) is 36.4 Å². The van der Waals surface area contributed by atoms with Crippen LogP contribution in [0.5, 0.6) is 5.75 Å². The Morgan fingerprint density at radius 2 is 1.75 bits per heavy atom. The molecule has 3 rings (SSSR count). The smallest absolute Gasteiger partial charge is 0.359 e. The predicted octanol–water partition coefficient (Wildman–Crippen LogP) is 3.23. The summed E-state index contributed by atoms with van der Waals surface area (Å²) in [6, 6.07) is 16.6. The maximum absolute atomic E-state index is 12.0. The number of aromatic hydroxyl groups is 1. The fourth-order valence-electron chi connectivity index (χ4n) is 2.07. The van der Waals surface area contributed by atoms with E-state index in [2.05, 4.69) is 4.98 Å². The molecule has 20 heavy (non-hydrogen) atoms. The van der Waals surface area contributed by atoms with Gasteiger partial charge in [0.25, 0.3) is 0 Å². The zero-order chi connectivity index (χ0) is 13.9. The number of esters is 1. The Labute approximate surface area is 115 Å². The van der Waals surface area contributed by atoms with Gasteiger partial charge in [-0.2, -0.15) is 0 Å². The van der Waals surface area contributed by atoms with Crippen LogP contribution in [0, 0.1) is 0 Å². The molecule has 4 nitrogen and oxygen atoms in total. The van der Waals surface area contributed by atoms with Gasteiger partial charge < -0.3 is 14.8 Å². The van der Waals surface area contributed by atoms with Crippen LogP contribution in [0.4, 0.5) is 0 Å². The number of benzene rings is 2. The lowest BCUT2D eigenvalue weighted by atomic mass is 10.2. The van der Waals surface area contributed by atoms with Gasteiger partial charge in [0.1, 0.15) is 6.61 Å². The zero-order valence-electron chi connectivity index (χ0n) is 10.7. The number of aromatic amines is 1. The number of H-pyrrole nitrogens is 1. The van der Waals surface area contributed by atoms with E-state index in [-0.39, 0.29) is 18.1 Å². The highest BCUT2D eigenvalue weighted by Crippen LogP contribution is 2.29. The second-order valence-electron chi connectivity index (χ2n) is 4.46. The minimum Gasteiger partial charge on any atom is -0.505 e. The van der Waals surface area contributed by atoms with Crippen molar-refractivity contribution in [3.8, 4) is 5.75 Å². The number of nitrogens with one attached hydrogen (secondary N) is 1. The second-order valence-corrected chi connectivity index (χ2v) is 4.46. The maximum atomic E-state index is 12.0. The molecular weight excluding hydrogens is 254 g/mol. The standard InChI is InChI=1S/C16H13NO3/c18-15-12-8-4-5-9-13(12)17-14(15)16(19)20-10-11-6-2-1-3-7-11/h1-9,17-18H,10H2. The van der Waals surface area contributed by atoms with Crippen molar-refractivity contribution in [2.75, 3.05) is 0 Å². The van der Waals surface area contributed by atoms with E-state index in [0.717, 1.165) is 5.56 Å². The van der Waals surface area contributed by atoms with Crippen LogP contribution in [0.1, 0.15) is 16.1 Å². The first-order valence-electron chi connectivity index (χ1n) is 6.26. The van der Waals surface area contributed by atoms with E-state index in [4.69, 9.17) is 4.74 Å². The fraction of sp³-hybridized carbons (Fsp3) is 0.0625. The van der Waals surface area contributed by atoms with Gasteiger partial charge in [-0.1, -0.05) is 42.5 Å². The van der Waals surface area contributed by atoms with Crippen molar-refractivity contribution < 1.29 is 14.6 Å². The number of carbonyl (C=O) groups excluding carboxylic acids is 1. The number of fused-ring (bicyclic) bond motifs is 1. The monoisotopic (exact) mass is 267 g/mol. The molecule has 0 unspecified atom stereocenters. The molecule has 2 aromatic carbocycles. The van der Waals surface area contributed by atoms with Crippen LogP contribution >= 0.6 is 0 Å². The molecule has 0 aliphatic heterocycles. The minimum absolute atomic E-state index is 0.0707. The highest BCUT2D eigenvalue weighted by atomic mass is 16.5. The highest BCUT2D eigenvalue weighted by molar-refractivity contribution is 6.00. The predicted molar refractivity (Wildman–Crippen MR) is 75.5 cm³/mol. The lowest BCUT2D eigenvalue weighted by molar-refractivity contribution is 0.0463. The molecule has 0 fully saturated rings. The van der Waals surface area contributed by atoms with Crippen LogP contribution in [0.15, 0.2) is 54.6 Å². The van der Waals surface area contributed by atoms with E-state index < -0.39 is 5.97 Å². The molecule has 100 valence electrons. The summed E-state index contributed by atoms with van der Waals surface area (Å²) in [5.74, 6) is -0.638. The summed E-state index contributed by atoms with van der Waals surface area (Å²) in [4.78, 5) is 14.9. The summed E-state index contributed by atoms with van der Waals surface area (Å²) in [5.41, 5.74) is 1.69. The molecular formula is C16H13NO3. The third kappa shape index (κ3) is 2.23. The normalized spacial score (nSPS) is 10.6. The Hall–Kier alpha value is -2.75. The van der Waals surface area contributed by atoms with Crippen LogP contribution < -0.4 is 0 Å². The topological polar surface area (TPSA) is 62.3 Å². The van der Waals surface area contributed by atoms with Gasteiger partial charge in [-0.05, 0) is 17.7 Å². The van der Waals surface area contributed by atoms with E-state index in [9.17, 15) is 9.90 Å². The number of hydrogen-bond acceptors (Lipinski definition) is 3. The van der Waals surface area contributed by atoms with Gasteiger partial charge in [-0.15, -0.1) is 0 Å². The Kier molecular flexibility index (Phi) is 3.13. The van der Waals surface area contributed by atoms with Gasteiger partial charge >= 0.3 is 5.97 Å². The summed E-state index contributed by atoms with van der Waals surface area (Å²) >= 11 is 0. The van der Waals surface area contributed by atoms with Gasteiger partial charge in [-0.25, -0.2) is 4.79 Å². The molecule has 0 saturated carbocycles. The van der Waals surface area contributed by atoms with Crippen molar-refractivity contribution in [1.82, 2.24) is 4.98 Å². The summed E-state index contributed by atoms with van der Waals surface area (Å²) in [5, 5.41) is 10.6. The SMILES string of the molecule is O=C(OCc1ccccc1)c1[nH]c2ccccc2c1O. The summed E-state index contributed by atoms with van der Waals surface area (Å²) in [6.45, 7) is 0.175. The lowest BCUT2D eigenvalue weighted by Crippen LogP contribution is -2.05. The van der Waals surface area contributed by atoms with Gasteiger partial charge in [0.2, 0.25) is 0 Å². The van der Waals surface area contributed by atoms with Crippen molar-refractivity contribution in [3.63, 3.8) is 0 Å². The average molecular weight is 267 g/mol. The largest absolute Gasteiger partial charge is 0.505 e. The van der Waals surface area contributed by atoms with Crippen molar-refractivity contribution in [3.05, 3.63) is 65.9 Å². The molecule has 0 aliphatic rings. The Balaban J connectivity index is 1.81. The summed E-state index contributed by atoms with van der Waals surface area (Å²) < 4.78 is 5.19. The van der Waals surface area contributed by atoms with Gasteiger partial charge in [0.15, 0.2) is 11.4 Å². The van der Waals surface area contributed by atoms with Crippen LogP contribution in [0.3, 0.4) is 0 Å². The molecule has 0 bridgehead atoms. The third-order valence-corrected chi connectivity index (χ3v) is 3.10. The first-order valence-corrected chi connectivity index (χ1v) is 6.26. The number of rotatable bonds is 3. The molecule has 0 radical (unpaired) electrons. The van der Waals surface area contributed by atoms with Gasteiger partial charge in [0.05, 0.1) is 0 Å². The molecule has 1 aromatic heterocycles. The number of hydrogen-bond donors (Lipinski definition) is 2. The van der Waals surface area contributed by atoms with E-state index >= 15 is 0 Å². The fourth-order valence-corrected chi connectivity index (χ4v) is 2.07. The van der Waals surface area contributed by atoms with Crippen LogP contribution in [-0.4, -0.2) is 16.1 Å². The molecule has 0 aliphatic carbocycles. The number of ether oxygens (including phenoxy) is 1. The molecule has 3 aromatic rings. The zero-order valence-corrected chi connectivity index (χ0v) is 10.7. The van der Waals surface area contributed by atoms with Crippen molar-refractivity contribution in [1.29, 1.82) is 0 Å². The maximum Gasteiger partial charge on any atom is 0.359 e. The molecule has 0 atom stereocenters. The Morgan fingerprint density at radius 3 is 2.50 bits per heavy atom. The summed E-state index contributed by atoms with van der Waals surface area (Å²) in [7, 11) is 0. The molecule has 1 heterocycles. The molecule has 0 saturated heterocycles. The number of carbonyl (C=O) groups is 1. The Morgan fingerprint density at radius 1 is 1.05 bits per heavy atom. The molecule has 4 heteroatoms. The van der Waals surface area contributed by atoms with Crippen LogP contribution in [-0.2, 0) is 11.3 Å².